The summed E-state index contributed by atoms with van der Waals surface area (Å²) < 4.78 is 9.78. The minimum atomic E-state index is -0.743. The Kier molecular flexibility index (Phi) is 5.47. The zero-order valence-electron chi connectivity index (χ0n) is 11.9. The summed E-state index contributed by atoms with van der Waals surface area (Å²) >= 11 is 1.19. The number of nitrogens with one attached hydrogen (secondary N) is 1. The second-order valence-corrected chi connectivity index (χ2v) is 5.40. The molecule has 1 heterocycles. The Labute approximate surface area is 130 Å². The van der Waals surface area contributed by atoms with Crippen molar-refractivity contribution in [1.29, 1.82) is 0 Å². The van der Waals surface area contributed by atoms with Crippen molar-refractivity contribution in [2.75, 3.05) is 32.6 Å². The van der Waals surface area contributed by atoms with Crippen LogP contribution in [-0.2, 0) is 9.47 Å². The van der Waals surface area contributed by atoms with E-state index in [9.17, 15) is 14.4 Å². The molecular formula is C13H15N3O5S. The lowest BCUT2D eigenvalue weighted by Crippen LogP contribution is -2.18. The van der Waals surface area contributed by atoms with E-state index in [1.54, 1.807) is 0 Å². The maximum Gasteiger partial charge on any atom is 0.356 e. The highest BCUT2D eigenvalue weighted by Crippen LogP contribution is 2.29. The van der Waals surface area contributed by atoms with Gasteiger partial charge in [-0.2, -0.15) is 5.10 Å². The number of Topliss-reactive ketones (excluding diaryl/α,β-unsaturated/α-hetero) is 1. The van der Waals surface area contributed by atoms with Gasteiger partial charge in [0.2, 0.25) is 11.6 Å². The fraction of sp³-hybridized carbons (Fsp3) is 0.385. The van der Waals surface area contributed by atoms with Gasteiger partial charge in [-0.15, -0.1) is 11.8 Å². The summed E-state index contributed by atoms with van der Waals surface area (Å²) in [5.41, 5.74) is 5.09. The van der Waals surface area contributed by atoms with E-state index < -0.39 is 17.5 Å². The molecule has 8 nitrogen and oxygen atoms in total. The maximum absolute atomic E-state index is 12.4. The van der Waals surface area contributed by atoms with E-state index in [4.69, 9.17) is 10.5 Å². The molecule has 22 heavy (non-hydrogen) atoms. The molecule has 0 amide bonds. The van der Waals surface area contributed by atoms with E-state index in [0.29, 0.717) is 25.5 Å². The average molecular weight is 325 g/mol. The molecule has 3 N–H and O–H groups in total. The third-order valence-corrected chi connectivity index (χ3v) is 3.83. The van der Waals surface area contributed by atoms with Gasteiger partial charge in [0.15, 0.2) is 5.69 Å². The average Bonchev–Trinajstić information content (AvgIpc) is 2.96. The highest BCUT2D eigenvalue weighted by Gasteiger charge is 2.34. The molecule has 0 bridgehead atoms. The Morgan fingerprint density at radius 1 is 1.41 bits per heavy atom. The van der Waals surface area contributed by atoms with Crippen LogP contribution in [0.4, 0.5) is 0 Å². The standard InChI is InChI=1S/C13H15N3O5S/c1-20-13(19)11-9-10(15-16-11)7(17)6-8(12(9)18)22-5-4-21-3-2-14/h6H,2-5,14H2,1H3,(H,15,16). The normalized spacial score (nSPS) is 13.8. The second-order valence-electron chi connectivity index (χ2n) is 4.27. The molecule has 118 valence electrons. The summed E-state index contributed by atoms with van der Waals surface area (Å²) in [6, 6.07) is 0. The van der Waals surface area contributed by atoms with Crippen LogP contribution in [0.5, 0.6) is 0 Å². The van der Waals surface area contributed by atoms with Gasteiger partial charge < -0.3 is 15.2 Å². The van der Waals surface area contributed by atoms with Gasteiger partial charge >= 0.3 is 5.97 Å². The summed E-state index contributed by atoms with van der Waals surface area (Å²) in [4.78, 5) is 36.3. The van der Waals surface area contributed by atoms with Crippen molar-refractivity contribution in [3.63, 3.8) is 0 Å². The molecule has 1 aliphatic rings. The summed E-state index contributed by atoms with van der Waals surface area (Å²) in [6.45, 7) is 1.26. The third-order valence-electron chi connectivity index (χ3n) is 2.85. The Morgan fingerprint density at radius 3 is 2.86 bits per heavy atom. The smallest absolute Gasteiger partial charge is 0.356 e. The summed E-state index contributed by atoms with van der Waals surface area (Å²) in [6.07, 6.45) is 1.22. The van der Waals surface area contributed by atoms with E-state index in [-0.39, 0.29) is 21.9 Å². The quantitative estimate of drug-likeness (QED) is 0.537. The van der Waals surface area contributed by atoms with Crippen LogP contribution in [0.15, 0.2) is 11.0 Å². The molecule has 0 unspecified atom stereocenters. The Morgan fingerprint density at radius 2 is 2.18 bits per heavy atom. The van der Waals surface area contributed by atoms with Crippen LogP contribution in [0.2, 0.25) is 0 Å². The number of nitrogens with two attached hydrogens (primary N) is 1. The molecule has 0 atom stereocenters. The van der Waals surface area contributed by atoms with Gasteiger partial charge in [-0.25, -0.2) is 4.79 Å². The number of thioether (sulfide) groups is 1. The predicted molar refractivity (Wildman–Crippen MR) is 79.0 cm³/mol. The van der Waals surface area contributed by atoms with Crippen molar-refractivity contribution in [3.8, 4) is 0 Å². The number of methoxy groups -OCH3 is 1. The molecule has 0 saturated heterocycles. The number of H-pyrrole nitrogens is 1. The summed E-state index contributed by atoms with van der Waals surface area (Å²) in [7, 11) is 1.19. The number of ether oxygens (including phenoxy) is 2. The first-order valence-corrected chi connectivity index (χ1v) is 7.46. The fourth-order valence-electron chi connectivity index (χ4n) is 1.87. The van der Waals surface area contributed by atoms with E-state index in [2.05, 4.69) is 14.9 Å². The third kappa shape index (κ3) is 3.26. The number of fused-ring (bicyclic) bond motifs is 1. The van der Waals surface area contributed by atoms with Crippen molar-refractivity contribution in [3.05, 3.63) is 27.9 Å². The number of esters is 1. The summed E-state index contributed by atoms with van der Waals surface area (Å²) in [5.74, 6) is -1.10. The Balaban J connectivity index is 2.13. The maximum atomic E-state index is 12.4. The van der Waals surface area contributed by atoms with Gasteiger partial charge in [-0.3, -0.25) is 14.7 Å². The molecule has 9 heteroatoms. The molecule has 1 aromatic heterocycles. The van der Waals surface area contributed by atoms with Crippen LogP contribution < -0.4 is 5.73 Å². The van der Waals surface area contributed by atoms with Crippen LogP contribution in [0.3, 0.4) is 0 Å². The number of carbonyl (C=O) groups is 3. The second kappa shape index (κ2) is 7.34. The number of aromatic amines is 1. The molecule has 0 radical (unpaired) electrons. The Bertz CT molecular complexity index is 638. The summed E-state index contributed by atoms with van der Waals surface area (Å²) in [5, 5.41) is 6.11. The van der Waals surface area contributed by atoms with Crippen LogP contribution in [0.25, 0.3) is 0 Å². The first-order valence-electron chi connectivity index (χ1n) is 6.48. The van der Waals surface area contributed by atoms with E-state index in [0.717, 1.165) is 0 Å². The van der Waals surface area contributed by atoms with Crippen LogP contribution in [-0.4, -0.2) is 60.4 Å². The number of aromatic nitrogens is 2. The van der Waals surface area contributed by atoms with Gasteiger partial charge in [-0.05, 0) is 0 Å². The van der Waals surface area contributed by atoms with Gasteiger partial charge in [0.1, 0.15) is 5.69 Å². The molecule has 0 aromatic carbocycles. The van der Waals surface area contributed by atoms with E-state index >= 15 is 0 Å². The minimum absolute atomic E-state index is 0.0373. The van der Waals surface area contributed by atoms with Crippen molar-refractivity contribution < 1.29 is 23.9 Å². The Hall–Kier alpha value is -1.97. The molecular weight excluding hydrogens is 310 g/mol. The first kappa shape index (κ1) is 16.4. The van der Waals surface area contributed by atoms with Crippen LogP contribution in [0.1, 0.15) is 31.3 Å². The molecule has 0 fully saturated rings. The number of ketones is 2. The SMILES string of the molecule is COC(=O)c1[nH]nc2c1C(=O)C(SCCOCCN)=CC2=O. The van der Waals surface area contributed by atoms with Gasteiger partial charge in [0, 0.05) is 18.4 Å². The molecule has 0 aliphatic heterocycles. The number of hydrogen-bond donors (Lipinski definition) is 2. The first-order chi connectivity index (χ1) is 10.6. The highest BCUT2D eigenvalue weighted by atomic mass is 32.2. The number of hydrogen-bond acceptors (Lipinski definition) is 8. The number of allylic oxidation sites excluding steroid dienone is 2. The topological polar surface area (TPSA) is 124 Å². The number of rotatable bonds is 7. The molecule has 1 aromatic rings. The molecule has 2 rings (SSSR count). The van der Waals surface area contributed by atoms with Crippen molar-refractivity contribution in [2.24, 2.45) is 5.73 Å². The van der Waals surface area contributed by atoms with E-state index in [1.165, 1.54) is 24.9 Å². The van der Waals surface area contributed by atoms with Gasteiger partial charge in [0.05, 0.1) is 30.8 Å². The van der Waals surface area contributed by atoms with Gasteiger partial charge in [-0.1, -0.05) is 0 Å². The van der Waals surface area contributed by atoms with Crippen molar-refractivity contribution in [2.45, 2.75) is 0 Å². The lowest BCUT2D eigenvalue weighted by molar-refractivity contribution is 0.0591. The number of carbonyl (C=O) groups excluding carboxylic acids is 3. The van der Waals surface area contributed by atoms with E-state index in [1.807, 2.05) is 0 Å². The van der Waals surface area contributed by atoms with Crippen molar-refractivity contribution >= 4 is 29.3 Å². The number of nitrogens with zero attached hydrogens (tertiary/aromatic N) is 1. The lowest BCUT2D eigenvalue weighted by atomic mass is 9.99. The molecule has 0 saturated carbocycles. The molecule has 0 spiro atoms. The highest BCUT2D eigenvalue weighted by molar-refractivity contribution is 8.04. The lowest BCUT2D eigenvalue weighted by Gasteiger charge is -2.11. The monoisotopic (exact) mass is 325 g/mol. The largest absolute Gasteiger partial charge is 0.464 e. The zero-order valence-corrected chi connectivity index (χ0v) is 12.7. The zero-order chi connectivity index (χ0) is 16.1. The minimum Gasteiger partial charge on any atom is -0.464 e. The fourth-order valence-corrected chi connectivity index (χ4v) is 2.72. The van der Waals surface area contributed by atoms with Crippen LogP contribution in [0, 0.1) is 0 Å². The van der Waals surface area contributed by atoms with Crippen LogP contribution >= 0.6 is 11.8 Å². The predicted octanol–water partition coefficient (Wildman–Crippen LogP) is 0.168. The van der Waals surface area contributed by atoms with Crippen molar-refractivity contribution in [1.82, 2.24) is 10.2 Å². The molecule has 1 aliphatic carbocycles. The van der Waals surface area contributed by atoms with Gasteiger partial charge in [0.25, 0.3) is 0 Å².